The number of para-hydroxylation sites is 3. The summed E-state index contributed by atoms with van der Waals surface area (Å²) in [5.41, 5.74) is 9.49. The average molecular weight is 743 g/mol. The van der Waals surface area contributed by atoms with Crippen LogP contribution in [0, 0.1) is 0 Å². The largest absolute Gasteiger partial charge is 0.456 e. The Kier molecular flexibility index (Phi) is 7.20. The number of hydrogen-bond acceptors (Lipinski definition) is 4. The van der Waals surface area contributed by atoms with E-state index in [1.165, 1.54) is 21.5 Å². The van der Waals surface area contributed by atoms with Gasteiger partial charge in [0.05, 0.1) is 27.8 Å². The van der Waals surface area contributed by atoms with Gasteiger partial charge < -0.3 is 18.6 Å². The highest BCUT2D eigenvalue weighted by atomic mass is 16.3. The van der Waals surface area contributed by atoms with Crippen molar-refractivity contribution in [2.24, 2.45) is 0 Å². The van der Waals surface area contributed by atoms with Gasteiger partial charge in [0.25, 0.3) is 0 Å². The molecule has 0 N–H and O–H groups in total. The molecule has 0 atom stereocenters. The molecule has 58 heavy (non-hydrogen) atoms. The van der Waals surface area contributed by atoms with Crippen LogP contribution in [0.3, 0.4) is 0 Å². The SMILES string of the molecule is c1ccc(N(c2cc(N(c3ccccc3)c3ccc4c(ccc5ccccc54)c3)c3c(c2)oc2c4ccccc4ccc23)c2cccc3oc4ccccc4c23)cc1. The van der Waals surface area contributed by atoms with Crippen molar-refractivity contribution in [3.63, 3.8) is 0 Å². The van der Waals surface area contributed by atoms with E-state index in [9.17, 15) is 0 Å². The number of hydrogen-bond donors (Lipinski definition) is 0. The minimum Gasteiger partial charge on any atom is -0.456 e. The maximum absolute atomic E-state index is 7.08. The molecule has 0 aliphatic rings. The molecule has 10 aromatic carbocycles. The zero-order valence-electron chi connectivity index (χ0n) is 31.3. The van der Waals surface area contributed by atoms with Gasteiger partial charge in [0.2, 0.25) is 0 Å². The van der Waals surface area contributed by atoms with Crippen LogP contribution in [0.25, 0.3) is 76.2 Å². The van der Waals surface area contributed by atoms with E-state index in [1.807, 2.05) is 12.1 Å². The van der Waals surface area contributed by atoms with Crippen molar-refractivity contribution in [1.29, 1.82) is 0 Å². The van der Waals surface area contributed by atoms with Gasteiger partial charge >= 0.3 is 0 Å². The quantitative estimate of drug-likeness (QED) is 0.159. The second kappa shape index (κ2) is 12.9. The fourth-order valence-corrected chi connectivity index (χ4v) is 8.99. The molecule has 4 nitrogen and oxygen atoms in total. The van der Waals surface area contributed by atoms with Crippen LogP contribution >= 0.6 is 0 Å². The highest BCUT2D eigenvalue weighted by Crippen LogP contribution is 2.50. The fraction of sp³-hybridized carbons (Fsp3) is 0. The fourth-order valence-electron chi connectivity index (χ4n) is 8.99. The van der Waals surface area contributed by atoms with Crippen LogP contribution < -0.4 is 9.80 Å². The lowest BCUT2D eigenvalue weighted by molar-refractivity contribution is 0.669. The van der Waals surface area contributed by atoms with Crippen molar-refractivity contribution in [1.82, 2.24) is 0 Å². The molecule has 272 valence electrons. The van der Waals surface area contributed by atoms with Gasteiger partial charge in [0.15, 0.2) is 0 Å². The maximum atomic E-state index is 7.08. The summed E-state index contributed by atoms with van der Waals surface area (Å²) >= 11 is 0. The van der Waals surface area contributed by atoms with Gasteiger partial charge in [-0.2, -0.15) is 0 Å². The van der Waals surface area contributed by atoms with Gasteiger partial charge in [0.1, 0.15) is 22.3 Å². The number of nitrogens with zero attached hydrogens (tertiary/aromatic N) is 2. The summed E-state index contributed by atoms with van der Waals surface area (Å²) in [4.78, 5) is 4.73. The van der Waals surface area contributed by atoms with Gasteiger partial charge in [-0.05, 0) is 93.7 Å². The van der Waals surface area contributed by atoms with Gasteiger partial charge in [-0.1, -0.05) is 133 Å². The minimum atomic E-state index is 0.803. The summed E-state index contributed by atoms with van der Waals surface area (Å²) < 4.78 is 13.5. The highest BCUT2D eigenvalue weighted by Gasteiger charge is 2.26. The van der Waals surface area contributed by atoms with Crippen molar-refractivity contribution < 1.29 is 8.83 Å². The monoisotopic (exact) mass is 742 g/mol. The summed E-state index contributed by atoms with van der Waals surface area (Å²) in [6.45, 7) is 0. The van der Waals surface area contributed by atoms with Crippen LogP contribution in [0.5, 0.6) is 0 Å². The first kappa shape index (κ1) is 32.4. The third kappa shape index (κ3) is 5.02. The standard InChI is InChI=1S/C54H34N2O2/c1-3-16-38(17-4-1)55(40-29-31-43-37(32-40)27-26-35-14-7-9-20-42(35)43)48-33-41(34-51-53(48)46-30-28-36-15-8-10-21-44(36)54(46)58-51)56(39-18-5-2-6-19-39)47-23-13-25-50-52(47)45-22-11-12-24-49(45)57-50/h1-34H. The van der Waals surface area contributed by atoms with Gasteiger partial charge in [0, 0.05) is 39.3 Å². The molecular weight excluding hydrogens is 709 g/mol. The number of benzene rings is 10. The zero-order chi connectivity index (χ0) is 38.2. The van der Waals surface area contributed by atoms with E-state index in [2.05, 4.69) is 204 Å². The van der Waals surface area contributed by atoms with Crippen LogP contribution in [-0.4, -0.2) is 0 Å². The molecule has 0 saturated heterocycles. The van der Waals surface area contributed by atoms with E-state index in [-0.39, 0.29) is 0 Å². The molecule has 0 fully saturated rings. The molecule has 0 spiro atoms. The third-order valence-corrected chi connectivity index (χ3v) is 11.6. The highest BCUT2D eigenvalue weighted by molar-refractivity contribution is 6.21. The van der Waals surface area contributed by atoms with Crippen molar-refractivity contribution in [3.8, 4) is 0 Å². The molecule has 4 heteroatoms. The molecule has 12 aromatic rings. The summed E-state index contributed by atoms with van der Waals surface area (Å²) in [5.74, 6) is 0. The second-order valence-corrected chi connectivity index (χ2v) is 14.9. The predicted octanol–water partition coefficient (Wildman–Crippen LogP) is 15.9. The molecule has 0 radical (unpaired) electrons. The van der Waals surface area contributed by atoms with Crippen molar-refractivity contribution in [2.75, 3.05) is 9.80 Å². The lowest BCUT2D eigenvalue weighted by Crippen LogP contribution is -2.14. The molecule has 0 aliphatic heterocycles. The molecular formula is C54H34N2O2. The molecule has 0 bridgehead atoms. The number of fused-ring (bicyclic) bond motifs is 11. The Bertz CT molecular complexity index is 3530. The zero-order valence-corrected chi connectivity index (χ0v) is 31.3. The first-order valence-corrected chi connectivity index (χ1v) is 19.7. The third-order valence-electron chi connectivity index (χ3n) is 11.6. The van der Waals surface area contributed by atoms with Crippen LogP contribution in [-0.2, 0) is 0 Å². The maximum Gasteiger partial charge on any atom is 0.143 e. The Morgan fingerprint density at radius 2 is 0.845 bits per heavy atom. The first-order valence-electron chi connectivity index (χ1n) is 19.7. The van der Waals surface area contributed by atoms with Crippen molar-refractivity contribution in [3.05, 3.63) is 206 Å². The van der Waals surface area contributed by atoms with E-state index >= 15 is 0 Å². The Morgan fingerprint density at radius 1 is 0.276 bits per heavy atom. The van der Waals surface area contributed by atoms with Crippen LogP contribution in [0.4, 0.5) is 34.1 Å². The Morgan fingerprint density at radius 3 is 1.64 bits per heavy atom. The Labute approximate surface area is 334 Å². The number of furan rings is 2. The molecule has 0 amide bonds. The minimum absolute atomic E-state index is 0.803. The average Bonchev–Trinajstić information content (AvgIpc) is 3.87. The topological polar surface area (TPSA) is 32.8 Å². The van der Waals surface area contributed by atoms with E-state index in [0.717, 1.165) is 88.8 Å². The Balaban J connectivity index is 1.20. The van der Waals surface area contributed by atoms with Crippen LogP contribution in [0.15, 0.2) is 215 Å². The van der Waals surface area contributed by atoms with Crippen molar-refractivity contribution in [2.45, 2.75) is 0 Å². The molecule has 2 heterocycles. The van der Waals surface area contributed by atoms with E-state index in [4.69, 9.17) is 8.83 Å². The Hall–Kier alpha value is -7.82. The molecule has 0 unspecified atom stereocenters. The van der Waals surface area contributed by atoms with Gasteiger partial charge in [-0.25, -0.2) is 0 Å². The first-order chi connectivity index (χ1) is 28.8. The van der Waals surface area contributed by atoms with Crippen LogP contribution in [0.1, 0.15) is 0 Å². The van der Waals surface area contributed by atoms with Gasteiger partial charge in [-0.15, -0.1) is 0 Å². The van der Waals surface area contributed by atoms with Gasteiger partial charge in [-0.3, -0.25) is 0 Å². The predicted molar refractivity (Wildman–Crippen MR) is 243 cm³/mol. The van der Waals surface area contributed by atoms with E-state index in [0.29, 0.717) is 0 Å². The van der Waals surface area contributed by atoms with Crippen LogP contribution in [0.2, 0.25) is 0 Å². The lowest BCUT2D eigenvalue weighted by Gasteiger charge is -2.30. The number of rotatable bonds is 6. The molecule has 0 aliphatic carbocycles. The lowest BCUT2D eigenvalue weighted by atomic mass is 10.00. The normalized spacial score (nSPS) is 11.8. The summed E-state index contributed by atoms with van der Waals surface area (Å²) in [7, 11) is 0. The summed E-state index contributed by atoms with van der Waals surface area (Å²) in [6.07, 6.45) is 0. The van der Waals surface area contributed by atoms with Crippen molar-refractivity contribution >= 4 is 110 Å². The summed E-state index contributed by atoms with van der Waals surface area (Å²) in [6, 6.07) is 73.2. The van der Waals surface area contributed by atoms with E-state index in [1.54, 1.807) is 0 Å². The number of anilines is 6. The second-order valence-electron chi connectivity index (χ2n) is 14.9. The molecule has 0 saturated carbocycles. The molecule has 2 aromatic heterocycles. The van der Waals surface area contributed by atoms with E-state index < -0.39 is 0 Å². The smallest absolute Gasteiger partial charge is 0.143 e. The molecule has 12 rings (SSSR count). The summed E-state index contributed by atoms with van der Waals surface area (Å²) in [5, 5.41) is 11.3.